The van der Waals surface area contributed by atoms with Crippen LogP contribution in [0.15, 0.2) is 41.3 Å². The van der Waals surface area contributed by atoms with Gasteiger partial charge in [-0.2, -0.15) is 0 Å². The number of anilines is 1. The number of carbonyl (C=O) groups is 2. The molecule has 0 atom stereocenters. The van der Waals surface area contributed by atoms with E-state index in [2.05, 4.69) is 15.0 Å². The summed E-state index contributed by atoms with van der Waals surface area (Å²) in [5.41, 5.74) is 0.135. The molecular weight excluding hydrogens is 296 g/mol. The van der Waals surface area contributed by atoms with Crippen LogP contribution < -0.4 is 10.9 Å². The molecule has 1 amide bonds. The number of hydrogen-bond donors (Lipinski definition) is 2. The van der Waals surface area contributed by atoms with E-state index in [0.29, 0.717) is 5.02 Å². The Morgan fingerprint density at radius 2 is 2.00 bits per heavy atom. The van der Waals surface area contributed by atoms with Gasteiger partial charge in [0.05, 0.1) is 18.4 Å². The Morgan fingerprint density at radius 1 is 1.24 bits per heavy atom. The molecule has 6 nitrogen and oxygen atoms in total. The Balaban J connectivity index is 2.34. The van der Waals surface area contributed by atoms with Crippen LogP contribution in [0.1, 0.15) is 20.7 Å². The average Bonchev–Trinajstić information content (AvgIpc) is 2.46. The smallest absolute Gasteiger partial charge is 0.339 e. The van der Waals surface area contributed by atoms with E-state index in [4.69, 9.17) is 11.6 Å². The van der Waals surface area contributed by atoms with Crippen molar-refractivity contribution in [2.45, 2.75) is 0 Å². The summed E-state index contributed by atoms with van der Waals surface area (Å²) in [6.07, 6.45) is 1.36. The highest BCUT2D eigenvalue weighted by Crippen LogP contribution is 2.22. The van der Waals surface area contributed by atoms with Crippen LogP contribution in [0.5, 0.6) is 0 Å². The van der Waals surface area contributed by atoms with Crippen LogP contribution in [0, 0.1) is 0 Å². The molecule has 1 aromatic heterocycles. The third-order valence-corrected chi connectivity index (χ3v) is 2.91. The second kappa shape index (κ2) is 6.23. The number of methoxy groups -OCH3 is 1. The van der Waals surface area contributed by atoms with E-state index in [9.17, 15) is 14.4 Å². The molecule has 0 fully saturated rings. The number of nitrogens with one attached hydrogen (secondary N) is 2. The summed E-state index contributed by atoms with van der Waals surface area (Å²) in [5, 5.41) is 2.88. The number of rotatable bonds is 3. The van der Waals surface area contributed by atoms with Crippen LogP contribution in [-0.2, 0) is 4.74 Å². The van der Waals surface area contributed by atoms with Crippen LogP contribution in [0.3, 0.4) is 0 Å². The van der Waals surface area contributed by atoms with Gasteiger partial charge >= 0.3 is 5.97 Å². The van der Waals surface area contributed by atoms with Gasteiger partial charge in [0.1, 0.15) is 0 Å². The molecule has 0 unspecified atom stereocenters. The predicted molar refractivity (Wildman–Crippen MR) is 77.8 cm³/mol. The molecule has 0 aliphatic heterocycles. The molecule has 108 valence electrons. The summed E-state index contributed by atoms with van der Waals surface area (Å²) >= 11 is 5.86. The number of H-pyrrole nitrogens is 1. The Labute approximate surface area is 124 Å². The zero-order chi connectivity index (χ0) is 15.4. The number of pyridine rings is 1. The molecule has 7 heteroatoms. The monoisotopic (exact) mass is 306 g/mol. The summed E-state index contributed by atoms with van der Waals surface area (Å²) in [5.74, 6) is -1.14. The molecule has 1 heterocycles. The highest BCUT2D eigenvalue weighted by atomic mass is 35.5. The molecule has 0 bridgehead atoms. The standard InChI is InChI=1S/C14H11ClN2O4/c1-21-14(20)10-3-2-9(15)7-11(10)17-13(19)8-4-5-16-12(18)6-8/h2-7H,1H3,(H,16,18)(H,17,19). The maximum Gasteiger partial charge on any atom is 0.339 e. The van der Waals surface area contributed by atoms with Crippen LogP contribution in [0.2, 0.25) is 5.02 Å². The Morgan fingerprint density at radius 3 is 2.67 bits per heavy atom. The minimum atomic E-state index is -0.604. The first-order valence-corrected chi connectivity index (χ1v) is 6.27. The van der Waals surface area contributed by atoms with Crippen LogP contribution in [-0.4, -0.2) is 24.0 Å². The van der Waals surface area contributed by atoms with E-state index in [-0.39, 0.29) is 16.8 Å². The van der Waals surface area contributed by atoms with Gasteiger partial charge in [-0.1, -0.05) is 11.6 Å². The predicted octanol–water partition coefficient (Wildman–Crippen LogP) is 2.07. The van der Waals surface area contributed by atoms with Crippen molar-refractivity contribution in [2.75, 3.05) is 12.4 Å². The van der Waals surface area contributed by atoms with Crippen molar-refractivity contribution in [3.8, 4) is 0 Å². The van der Waals surface area contributed by atoms with E-state index in [1.54, 1.807) is 0 Å². The first-order chi connectivity index (χ1) is 10.0. The molecule has 0 saturated carbocycles. The van der Waals surface area contributed by atoms with Gasteiger partial charge in [0, 0.05) is 22.8 Å². The van der Waals surface area contributed by atoms with Crippen molar-refractivity contribution in [2.24, 2.45) is 0 Å². The van der Waals surface area contributed by atoms with E-state index in [1.165, 1.54) is 37.6 Å². The van der Waals surface area contributed by atoms with Crippen molar-refractivity contribution in [3.63, 3.8) is 0 Å². The second-order valence-electron chi connectivity index (χ2n) is 4.08. The van der Waals surface area contributed by atoms with Gasteiger partial charge < -0.3 is 15.0 Å². The van der Waals surface area contributed by atoms with Crippen molar-refractivity contribution in [1.82, 2.24) is 4.98 Å². The molecule has 0 spiro atoms. The minimum absolute atomic E-state index is 0.162. The Hall–Kier alpha value is -2.60. The summed E-state index contributed by atoms with van der Waals surface area (Å²) in [6, 6.07) is 6.98. The quantitative estimate of drug-likeness (QED) is 0.850. The van der Waals surface area contributed by atoms with Crippen molar-refractivity contribution in [1.29, 1.82) is 0 Å². The summed E-state index contributed by atoms with van der Waals surface area (Å²) in [7, 11) is 1.24. The maximum absolute atomic E-state index is 12.1. The lowest BCUT2D eigenvalue weighted by Crippen LogP contribution is -2.17. The fraction of sp³-hybridized carbons (Fsp3) is 0.0714. The number of aromatic nitrogens is 1. The van der Waals surface area contributed by atoms with Crippen molar-refractivity contribution >= 4 is 29.2 Å². The van der Waals surface area contributed by atoms with E-state index >= 15 is 0 Å². The number of benzene rings is 1. The maximum atomic E-state index is 12.1. The number of esters is 1. The molecular formula is C14H11ClN2O4. The van der Waals surface area contributed by atoms with Crippen LogP contribution in [0.25, 0.3) is 0 Å². The summed E-state index contributed by atoms with van der Waals surface area (Å²) < 4.78 is 4.63. The lowest BCUT2D eigenvalue weighted by molar-refractivity contribution is 0.0602. The van der Waals surface area contributed by atoms with Crippen molar-refractivity contribution < 1.29 is 14.3 Å². The first kappa shape index (κ1) is 14.8. The third-order valence-electron chi connectivity index (χ3n) is 2.67. The fourth-order valence-electron chi connectivity index (χ4n) is 1.69. The van der Waals surface area contributed by atoms with Gasteiger partial charge in [-0.25, -0.2) is 4.79 Å². The number of ether oxygens (including phenoxy) is 1. The van der Waals surface area contributed by atoms with E-state index in [0.717, 1.165) is 6.07 Å². The lowest BCUT2D eigenvalue weighted by atomic mass is 10.1. The average molecular weight is 307 g/mol. The van der Waals surface area contributed by atoms with E-state index in [1.807, 2.05) is 0 Å². The SMILES string of the molecule is COC(=O)c1ccc(Cl)cc1NC(=O)c1cc[nH]c(=O)c1. The van der Waals surface area contributed by atoms with Gasteiger partial charge in [0.25, 0.3) is 5.91 Å². The second-order valence-corrected chi connectivity index (χ2v) is 4.51. The summed E-state index contributed by atoms with van der Waals surface area (Å²) in [6.45, 7) is 0. The highest BCUT2D eigenvalue weighted by molar-refractivity contribution is 6.31. The number of aromatic amines is 1. The van der Waals surface area contributed by atoms with Gasteiger partial charge in [0.15, 0.2) is 0 Å². The number of hydrogen-bond acceptors (Lipinski definition) is 4. The molecule has 2 aromatic rings. The minimum Gasteiger partial charge on any atom is -0.465 e. The summed E-state index contributed by atoms with van der Waals surface area (Å²) in [4.78, 5) is 37.3. The molecule has 21 heavy (non-hydrogen) atoms. The molecule has 1 aromatic carbocycles. The normalized spacial score (nSPS) is 10.0. The highest BCUT2D eigenvalue weighted by Gasteiger charge is 2.15. The van der Waals surface area contributed by atoms with Gasteiger partial charge in [0.2, 0.25) is 5.56 Å². The largest absolute Gasteiger partial charge is 0.465 e. The number of halogens is 1. The topological polar surface area (TPSA) is 88.3 Å². The zero-order valence-electron chi connectivity index (χ0n) is 11.0. The molecule has 0 saturated heterocycles. The van der Waals surface area contributed by atoms with Crippen molar-refractivity contribution in [3.05, 3.63) is 63.0 Å². The van der Waals surface area contributed by atoms with Gasteiger partial charge in [-0.05, 0) is 24.3 Å². The van der Waals surface area contributed by atoms with Gasteiger partial charge in [-0.15, -0.1) is 0 Å². The lowest BCUT2D eigenvalue weighted by Gasteiger charge is -2.10. The third kappa shape index (κ3) is 3.49. The molecule has 0 aliphatic carbocycles. The van der Waals surface area contributed by atoms with Crippen LogP contribution in [0.4, 0.5) is 5.69 Å². The number of amides is 1. The molecule has 0 radical (unpaired) electrons. The zero-order valence-corrected chi connectivity index (χ0v) is 11.7. The number of carbonyl (C=O) groups excluding carboxylic acids is 2. The van der Waals surface area contributed by atoms with Gasteiger partial charge in [-0.3, -0.25) is 9.59 Å². The Bertz CT molecular complexity index is 755. The molecule has 2 N–H and O–H groups in total. The van der Waals surface area contributed by atoms with Crippen LogP contribution >= 0.6 is 11.6 Å². The molecule has 0 aliphatic rings. The fourth-order valence-corrected chi connectivity index (χ4v) is 1.86. The first-order valence-electron chi connectivity index (χ1n) is 5.89. The van der Waals surface area contributed by atoms with E-state index < -0.39 is 17.4 Å². The Kier molecular flexibility index (Phi) is 4.39. The molecule has 2 rings (SSSR count).